The van der Waals surface area contributed by atoms with Crippen LogP contribution in [0, 0.1) is 5.92 Å². The third kappa shape index (κ3) is 4.92. The average Bonchev–Trinajstić information content (AvgIpc) is 3.25. The Labute approximate surface area is 167 Å². The van der Waals surface area contributed by atoms with E-state index in [1.54, 1.807) is 37.3 Å². The molecule has 3 rings (SSSR count). The van der Waals surface area contributed by atoms with Gasteiger partial charge in [0.15, 0.2) is 0 Å². The Bertz CT molecular complexity index is 921. The van der Waals surface area contributed by atoms with Gasteiger partial charge < -0.3 is 20.4 Å². The van der Waals surface area contributed by atoms with Gasteiger partial charge in [0.25, 0.3) is 5.91 Å². The normalized spacial score (nSPS) is 17.6. The Balaban J connectivity index is 1.74. The Hall–Kier alpha value is -2.80. The molecule has 2 aromatic rings. The number of aromatic amines is 1. The molecule has 0 saturated carbocycles. The third-order valence-electron chi connectivity index (χ3n) is 4.60. The van der Waals surface area contributed by atoms with Crippen molar-refractivity contribution in [2.75, 3.05) is 13.2 Å². The molecule has 3 N–H and O–H groups in total. The van der Waals surface area contributed by atoms with Crippen LogP contribution in [0.1, 0.15) is 30.3 Å². The molecule has 1 aliphatic rings. The van der Waals surface area contributed by atoms with Crippen molar-refractivity contribution in [2.45, 2.75) is 25.8 Å². The van der Waals surface area contributed by atoms with Crippen molar-refractivity contribution in [3.05, 3.63) is 47.1 Å². The molecule has 0 bridgehead atoms. The topological polar surface area (TPSA) is 100 Å². The van der Waals surface area contributed by atoms with Gasteiger partial charge in [0, 0.05) is 40.5 Å². The highest BCUT2D eigenvalue weighted by atomic mass is 35.5. The quantitative estimate of drug-likeness (QED) is 0.488. The fraction of sp³-hybridized carbons (Fsp3) is 0.350. The number of hydrogen-bond acceptors (Lipinski definition) is 4. The number of hydrogen-bond donors (Lipinski definition) is 3. The number of carbonyl (C=O) groups excluding carboxylic acids is 3. The minimum absolute atomic E-state index is 0.0379. The molecule has 2 atom stereocenters. The molecule has 2 amide bonds. The van der Waals surface area contributed by atoms with Gasteiger partial charge in [-0.3, -0.25) is 9.59 Å². The van der Waals surface area contributed by atoms with Crippen molar-refractivity contribution in [3.63, 3.8) is 0 Å². The van der Waals surface area contributed by atoms with Crippen LogP contribution in [-0.2, 0) is 14.3 Å². The van der Waals surface area contributed by atoms with E-state index in [0.29, 0.717) is 30.1 Å². The molecule has 0 spiro atoms. The molecule has 0 radical (unpaired) electrons. The van der Waals surface area contributed by atoms with E-state index in [9.17, 15) is 14.4 Å². The summed E-state index contributed by atoms with van der Waals surface area (Å²) in [5.41, 5.74) is 1.17. The van der Waals surface area contributed by atoms with Crippen LogP contribution in [0.3, 0.4) is 0 Å². The lowest BCUT2D eigenvalue weighted by molar-refractivity contribution is -0.137. The van der Waals surface area contributed by atoms with Crippen molar-refractivity contribution in [1.29, 1.82) is 0 Å². The van der Waals surface area contributed by atoms with E-state index in [-0.39, 0.29) is 24.3 Å². The number of amides is 2. The molecule has 1 saturated heterocycles. The molecule has 28 heavy (non-hydrogen) atoms. The fourth-order valence-corrected chi connectivity index (χ4v) is 3.40. The first-order valence-electron chi connectivity index (χ1n) is 9.18. The van der Waals surface area contributed by atoms with E-state index in [1.165, 1.54) is 6.08 Å². The van der Waals surface area contributed by atoms with Crippen LogP contribution in [0.4, 0.5) is 0 Å². The molecular weight excluding hydrogens is 382 g/mol. The maximum atomic E-state index is 12.7. The van der Waals surface area contributed by atoms with E-state index >= 15 is 0 Å². The summed E-state index contributed by atoms with van der Waals surface area (Å²) < 4.78 is 4.89. The van der Waals surface area contributed by atoms with E-state index in [0.717, 1.165) is 10.9 Å². The number of fused-ring (bicyclic) bond motifs is 1. The first-order chi connectivity index (χ1) is 13.5. The van der Waals surface area contributed by atoms with Crippen LogP contribution in [0.2, 0.25) is 5.02 Å². The van der Waals surface area contributed by atoms with Gasteiger partial charge in [-0.15, -0.1) is 0 Å². The van der Waals surface area contributed by atoms with Gasteiger partial charge in [0.1, 0.15) is 5.69 Å². The highest BCUT2D eigenvalue weighted by molar-refractivity contribution is 6.31. The van der Waals surface area contributed by atoms with E-state index in [1.807, 2.05) is 0 Å². The monoisotopic (exact) mass is 403 g/mol. The summed E-state index contributed by atoms with van der Waals surface area (Å²) in [6.45, 7) is 2.60. The summed E-state index contributed by atoms with van der Waals surface area (Å²) in [5.74, 6) is -1.06. The van der Waals surface area contributed by atoms with Gasteiger partial charge in [-0.05, 0) is 44.0 Å². The zero-order chi connectivity index (χ0) is 20.1. The predicted molar refractivity (Wildman–Crippen MR) is 106 cm³/mol. The van der Waals surface area contributed by atoms with Gasteiger partial charge in [0.2, 0.25) is 5.91 Å². The van der Waals surface area contributed by atoms with Crippen LogP contribution in [0.15, 0.2) is 36.4 Å². The molecule has 1 aliphatic heterocycles. The van der Waals surface area contributed by atoms with Gasteiger partial charge in [-0.2, -0.15) is 0 Å². The average molecular weight is 404 g/mol. The summed E-state index contributed by atoms with van der Waals surface area (Å²) >= 11 is 5.99. The van der Waals surface area contributed by atoms with Crippen molar-refractivity contribution in [1.82, 2.24) is 15.6 Å². The maximum Gasteiger partial charge on any atom is 0.330 e. The standard InChI is InChI=1S/C20H22ClN3O4/c1-2-28-18(25)6-4-15(10-12-7-8-22-19(12)26)23-20(27)17-11-13-9-14(21)3-5-16(13)24-17/h3-6,9,11-12,15,24H,2,7-8,10H2,1H3,(H,22,26)(H,23,27)/b6-4+/t12-,15?/m0/s1. The van der Waals surface area contributed by atoms with E-state index in [2.05, 4.69) is 15.6 Å². The largest absolute Gasteiger partial charge is 0.463 e. The van der Waals surface area contributed by atoms with Crippen molar-refractivity contribution in [2.24, 2.45) is 5.92 Å². The van der Waals surface area contributed by atoms with Crippen LogP contribution in [-0.4, -0.2) is 42.0 Å². The molecule has 7 nitrogen and oxygen atoms in total. The number of esters is 1. The molecule has 1 aromatic heterocycles. The Morgan fingerprint density at radius 1 is 1.39 bits per heavy atom. The minimum atomic E-state index is -0.488. The smallest absolute Gasteiger partial charge is 0.330 e. The lowest BCUT2D eigenvalue weighted by atomic mass is 9.98. The predicted octanol–water partition coefficient (Wildman–Crippen LogP) is 2.57. The van der Waals surface area contributed by atoms with E-state index in [4.69, 9.17) is 16.3 Å². The number of rotatable bonds is 7. The van der Waals surface area contributed by atoms with E-state index < -0.39 is 12.0 Å². The highest BCUT2D eigenvalue weighted by Gasteiger charge is 2.27. The fourth-order valence-electron chi connectivity index (χ4n) is 3.22. The van der Waals surface area contributed by atoms with Crippen LogP contribution >= 0.6 is 11.6 Å². The SMILES string of the molecule is CCOC(=O)/C=C/C(C[C@@H]1CCNC1=O)NC(=O)c1cc2cc(Cl)ccc2[nH]1. The number of nitrogens with one attached hydrogen (secondary N) is 3. The van der Waals surface area contributed by atoms with Gasteiger partial charge in [0.05, 0.1) is 6.61 Å². The zero-order valence-electron chi connectivity index (χ0n) is 15.5. The molecule has 1 aromatic carbocycles. The van der Waals surface area contributed by atoms with Crippen molar-refractivity contribution >= 4 is 40.3 Å². The van der Waals surface area contributed by atoms with Crippen LogP contribution in [0.25, 0.3) is 10.9 Å². The molecule has 1 fully saturated rings. The molecule has 2 heterocycles. The van der Waals surface area contributed by atoms with Gasteiger partial charge in [-0.25, -0.2) is 4.79 Å². The number of halogens is 1. The summed E-state index contributed by atoms with van der Waals surface area (Å²) in [5, 5.41) is 7.07. The summed E-state index contributed by atoms with van der Waals surface area (Å²) in [6, 6.07) is 6.54. The van der Waals surface area contributed by atoms with Crippen LogP contribution in [0.5, 0.6) is 0 Å². The summed E-state index contributed by atoms with van der Waals surface area (Å²) in [7, 11) is 0. The summed E-state index contributed by atoms with van der Waals surface area (Å²) in [4.78, 5) is 39.3. The second kappa shape index (κ2) is 8.93. The molecule has 148 valence electrons. The lowest BCUT2D eigenvalue weighted by Gasteiger charge is -2.17. The highest BCUT2D eigenvalue weighted by Crippen LogP contribution is 2.21. The summed E-state index contributed by atoms with van der Waals surface area (Å²) in [6.07, 6.45) is 3.95. The number of aromatic nitrogens is 1. The third-order valence-corrected chi connectivity index (χ3v) is 4.83. The van der Waals surface area contributed by atoms with Crippen molar-refractivity contribution < 1.29 is 19.1 Å². The first kappa shape index (κ1) is 19.9. The van der Waals surface area contributed by atoms with Crippen molar-refractivity contribution in [3.8, 4) is 0 Å². The molecular formula is C20H22ClN3O4. The zero-order valence-corrected chi connectivity index (χ0v) is 16.2. The Morgan fingerprint density at radius 2 is 2.21 bits per heavy atom. The van der Waals surface area contributed by atoms with Gasteiger partial charge in [-0.1, -0.05) is 17.7 Å². The van der Waals surface area contributed by atoms with Crippen LogP contribution < -0.4 is 10.6 Å². The minimum Gasteiger partial charge on any atom is -0.463 e. The molecule has 1 unspecified atom stereocenters. The Morgan fingerprint density at radius 3 is 2.93 bits per heavy atom. The molecule has 0 aliphatic carbocycles. The number of benzene rings is 1. The van der Waals surface area contributed by atoms with Gasteiger partial charge >= 0.3 is 5.97 Å². The first-order valence-corrected chi connectivity index (χ1v) is 9.56. The number of carbonyl (C=O) groups is 3. The maximum absolute atomic E-state index is 12.7. The second-order valence-electron chi connectivity index (χ2n) is 6.62. The lowest BCUT2D eigenvalue weighted by Crippen LogP contribution is -2.36. The molecule has 8 heteroatoms. The number of ether oxygens (including phenoxy) is 1. The Kier molecular flexibility index (Phi) is 6.36. The number of H-pyrrole nitrogens is 1. The second-order valence-corrected chi connectivity index (χ2v) is 7.05.